The van der Waals surface area contributed by atoms with Gasteiger partial charge >= 0.3 is 5.97 Å². The molecule has 1 atom stereocenters. The second kappa shape index (κ2) is 8.44. The summed E-state index contributed by atoms with van der Waals surface area (Å²) in [5, 5.41) is 3.26. The van der Waals surface area contributed by atoms with Crippen LogP contribution < -0.4 is 5.32 Å². The minimum Gasteiger partial charge on any atom is -0.466 e. The monoisotopic (exact) mass is 215 g/mol. The number of hydrogen-bond donors (Lipinski definition) is 1. The van der Waals surface area contributed by atoms with Crippen molar-refractivity contribution in [1.82, 2.24) is 5.32 Å². The fourth-order valence-electron chi connectivity index (χ4n) is 1.05. The van der Waals surface area contributed by atoms with E-state index in [1.54, 1.807) is 14.0 Å². The average molecular weight is 215 g/mol. The molecule has 4 heteroatoms. The molecular formula is C11H21NO3. The van der Waals surface area contributed by atoms with Crippen molar-refractivity contribution in [3.63, 3.8) is 0 Å². The molecule has 0 spiro atoms. The lowest BCUT2D eigenvalue weighted by Gasteiger charge is -2.11. The van der Waals surface area contributed by atoms with E-state index in [2.05, 4.69) is 17.0 Å². The molecular weight excluding hydrogens is 194 g/mol. The smallest absolute Gasteiger partial charge is 0.333 e. The van der Waals surface area contributed by atoms with Crippen LogP contribution in [-0.4, -0.2) is 39.4 Å². The van der Waals surface area contributed by atoms with Gasteiger partial charge in [-0.3, -0.25) is 0 Å². The molecule has 0 aromatic heterocycles. The Labute approximate surface area is 91.6 Å². The number of ether oxygens (including phenoxy) is 2. The average Bonchev–Trinajstić information content (AvgIpc) is 2.24. The van der Waals surface area contributed by atoms with Crippen molar-refractivity contribution in [2.45, 2.75) is 26.3 Å². The summed E-state index contributed by atoms with van der Waals surface area (Å²) >= 11 is 0. The molecule has 0 rings (SSSR count). The molecule has 0 bridgehead atoms. The van der Waals surface area contributed by atoms with Crippen molar-refractivity contribution in [3.8, 4) is 0 Å². The van der Waals surface area contributed by atoms with Gasteiger partial charge in [0.05, 0.1) is 7.11 Å². The van der Waals surface area contributed by atoms with Crippen molar-refractivity contribution >= 4 is 5.97 Å². The third kappa shape index (κ3) is 7.11. The first-order chi connectivity index (χ1) is 7.11. The number of carbonyl (C=O) groups is 1. The van der Waals surface area contributed by atoms with Crippen LogP contribution in [0.5, 0.6) is 0 Å². The van der Waals surface area contributed by atoms with Gasteiger partial charge in [0.15, 0.2) is 0 Å². The number of hydrogen-bond acceptors (Lipinski definition) is 4. The van der Waals surface area contributed by atoms with E-state index in [-0.39, 0.29) is 5.97 Å². The summed E-state index contributed by atoms with van der Waals surface area (Å²) < 4.78 is 9.55. The van der Waals surface area contributed by atoms with Crippen molar-refractivity contribution < 1.29 is 14.3 Å². The zero-order valence-electron chi connectivity index (χ0n) is 10.0. The number of carbonyl (C=O) groups excluding carboxylic acids is 1. The second-order valence-corrected chi connectivity index (χ2v) is 3.47. The Morgan fingerprint density at radius 3 is 2.67 bits per heavy atom. The van der Waals surface area contributed by atoms with Crippen LogP contribution in [0.2, 0.25) is 0 Å². The lowest BCUT2D eigenvalue weighted by atomic mass is 10.2. The number of nitrogens with one attached hydrogen (secondary N) is 1. The van der Waals surface area contributed by atoms with Gasteiger partial charge in [0.25, 0.3) is 0 Å². The molecule has 0 heterocycles. The lowest BCUT2D eigenvalue weighted by molar-refractivity contribution is -0.136. The number of esters is 1. The van der Waals surface area contributed by atoms with Crippen molar-refractivity contribution in [2.24, 2.45) is 0 Å². The minimum absolute atomic E-state index is 0.277. The molecule has 0 aliphatic carbocycles. The summed E-state index contributed by atoms with van der Waals surface area (Å²) in [5.74, 6) is -0.277. The van der Waals surface area contributed by atoms with Crippen LogP contribution in [0.4, 0.5) is 0 Å². The van der Waals surface area contributed by atoms with E-state index < -0.39 is 0 Å². The van der Waals surface area contributed by atoms with Gasteiger partial charge in [0, 0.05) is 31.9 Å². The maximum atomic E-state index is 11.0. The highest BCUT2D eigenvalue weighted by Crippen LogP contribution is 1.95. The summed E-state index contributed by atoms with van der Waals surface area (Å²) in [6, 6.07) is 0.381. The fourth-order valence-corrected chi connectivity index (χ4v) is 1.05. The SMILES string of the molecule is COCCC(C)NC/C=C(/C)C(=O)OC. The molecule has 15 heavy (non-hydrogen) atoms. The zero-order chi connectivity index (χ0) is 11.7. The first kappa shape index (κ1) is 14.1. The number of methoxy groups -OCH3 is 2. The summed E-state index contributed by atoms with van der Waals surface area (Å²) in [4.78, 5) is 11.0. The summed E-state index contributed by atoms with van der Waals surface area (Å²) in [6.07, 6.45) is 2.79. The fraction of sp³-hybridized carbons (Fsp3) is 0.727. The quantitative estimate of drug-likeness (QED) is 0.510. The molecule has 1 unspecified atom stereocenters. The second-order valence-electron chi connectivity index (χ2n) is 3.47. The largest absolute Gasteiger partial charge is 0.466 e. The molecule has 0 fully saturated rings. The molecule has 88 valence electrons. The van der Waals surface area contributed by atoms with Gasteiger partial charge in [0.2, 0.25) is 0 Å². The Hall–Kier alpha value is -0.870. The van der Waals surface area contributed by atoms with E-state index in [9.17, 15) is 4.79 Å². The Balaban J connectivity index is 3.71. The van der Waals surface area contributed by atoms with Gasteiger partial charge in [-0.05, 0) is 20.3 Å². The topological polar surface area (TPSA) is 47.6 Å². The highest BCUT2D eigenvalue weighted by molar-refractivity contribution is 5.87. The normalized spacial score (nSPS) is 13.7. The predicted molar refractivity (Wildman–Crippen MR) is 59.7 cm³/mol. The van der Waals surface area contributed by atoms with E-state index in [0.717, 1.165) is 13.0 Å². The highest BCUT2D eigenvalue weighted by Gasteiger charge is 2.03. The van der Waals surface area contributed by atoms with Crippen LogP contribution in [0.25, 0.3) is 0 Å². The van der Waals surface area contributed by atoms with E-state index in [1.807, 2.05) is 6.08 Å². The summed E-state index contributed by atoms with van der Waals surface area (Å²) in [7, 11) is 3.07. The summed E-state index contributed by atoms with van der Waals surface area (Å²) in [6.45, 7) is 5.24. The molecule has 1 N–H and O–H groups in total. The van der Waals surface area contributed by atoms with Gasteiger partial charge in [0.1, 0.15) is 0 Å². The molecule has 0 radical (unpaired) electrons. The third-order valence-electron chi connectivity index (χ3n) is 2.14. The van der Waals surface area contributed by atoms with Crippen LogP contribution in [0, 0.1) is 0 Å². The van der Waals surface area contributed by atoms with E-state index >= 15 is 0 Å². The Morgan fingerprint density at radius 2 is 2.13 bits per heavy atom. The maximum absolute atomic E-state index is 11.0. The van der Waals surface area contributed by atoms with Crippen LogP contribution in [0.3, 0.4) is 0 Å². The molecule has 0 amide bonds. The molecule has 0 saturated heterocycles. The van der Waals surface area contributed by atoms with Crippen LogP contribution in [0.1, 0.15) is 20.3 Å². The molecule has 0 aliphatic rings. The van der Waals surface area contributed by atoms with Gasteiger partial charge in [-0.1, -0.05) is 6.08 Å². The minimum atomic E-state index is -0.277. The zero-order valence-corrected chi connectivity index (χ0v) is 10.0. The lowest BCUT2D eigenvalue weighted by Crippen LogP contribution is -2.27. The first-order valence-electron chi connectivity index (χ1n) is 5.09. The molecule has 0 aromatic carbocycles. The molecule has 0 aliphatic heterocycles. The van der Waals surface area contributed by atoms with E-state index in [4.69, 9.17) is 4.74 Å². The van der Waals surface area contributed by atoms with Crippen molar-refractivity contribution in [1.29, 1.82) is 0 Å². The molecule has 0 saturated carbocycles. The van der Waals surface area contributed by atoms with Crippen LogP contribution in [0.15, 0.2) is 11.6 Å². The highest BCUT2D eigenvalue weighted by atomic mass is 16.5. The number of rotatable bonds is 7. The van der Waals surface area contributed by atoms with Crippen molar-refractivity contribution in [2.75, 3.05) is 27.4 Å². The van der Waals surface area contributed by atoms with E-state index in [1.165, 1.54) is 7.11 Å². The van der Waals surface area contributed by atoms with Gasteiger partial charge < -0.3 is 14.8 Å². The van der Waals surface area contributed by atoms with Gasteiger partial charge in [-0.25, -0.2) is 4.79 Å². The Bertz CT molecular complexity index is 214. The van der Waals surface area contributed by atoms with E-state index in [0.29, 0.717) is 18.2 Å². The molecule has 0 aromatic rings. The summed E-state index contributed by atoms with van der Waals surface area (Å²) in [5.41, 5.74) is 0.629. The van der Waals surface area contributed by atoms with Crippen LogP contribution >= 0.6 is 0 Å². The maximum Gasteiger partial charge on any atom is 0.333 e. The predicted octanol–water partition coefficient (Wildman–Crippen LogP) is 1.12. The Morgan fingerprint density at radius 1 is 1.47 bits per heavy atom. The Kier molecular flexibility index (Phi) is 7.95. The standard InChI is InChI=1S/C11H21NO3/c1-9(11(13)15-4)5-7-12-10(2)6-8-14-3/h5,10,12H,6-8H2,1-4H3/b9-5-. The first-order valence-corrected chi connectivity index (χ1v) is 5.09. The van der Waals surface area contributed by atoms with Crippen molar-refractivity contribution in [3.05, 3.63) is 11.6 Å². The van der Waals surface area contributed by atoms with Gasteiger partial charge in [-0.15, -0.1) is 0 Å². The van der Waals surface area contributed by atoms with Gasteiger partial charge in [-0.2, -0.15) is 0 Å². The van der Waals surface area contributed by atoms with Crippen LogP contribution in [-0.2, 0) is 14.3 Å². The molecule has 4 nitrogen and oxygen atoms in total. The third-order valence-corrected chi connectivity index (χ3v) is 2.14.